The Labute approximate surface area is 289 Å². The van der Waals surface area contributed by atoms with Gasteiger partial charge in [0.25, 0.3) is 0 Å². The molecule has 0 saturated carbocycles. The number of phosphoric acid groups is 1. The fourth-order valence-corrected chi connectivity index (χ4v) is 6.30. The Morgan fingerprint density at radius 3 is 1.57 bits per heavy atom. The zero-order valence-electron chi connectivity index (χ0n) is 30.5. The fourth-order valence-electron chi connectivity index (χ4n) is 5.54. The van der Waals surface area contributed by atoms with Gasteiger partial charge in [0, 0.05) is 13.0 Å². The molecule has 0 aliphatic rings. The van der Waals surface area contributed by atoms with Gasteiger partial charge in [0.05, 0.1) is 25.4 Å². The molecule has 0 rings (SSSR count). The van der Waals surface area contributed by atoms with Gasteiger partial charge in [-0.15, -0.1) is 0 Å². The van der Waals surface area contributed by atoms with E-state index in [2.05, 4.69) is 31.3 Å². The monoisotopic (exact) mass is 687 g/mol. The molecule has 8 nitrogen and oxygen atoms in total. The maximum atomic E-state index is 12.7. The SMILES string of the molecule is CCCCCCCC/C=C\CCCCCCCCCCCC(=O)N[C@@H](COP(=O)(O)OCCN)[C@H](O)/C=C/CCCCCCCCC. The van der Waals surface area contributed by atoms with E-state index in [-0.39, 0.29) is 25.7 Å². The number of amides is 1. The Morgan fingerprint density at radius 2 is 1.11 bits per heavy atom. The molecule has 0 radical (unpaired) electrons. The maximum absolute atomic E-state index is 12.7. The van der Waals surface area contributed by atoms with Crippen molar-refractivity contribution in [1.82, 2.24) is 5.32 Å². The number of phosphoric ester groups is 1. The number of carbonyl (C=O) groups is 1. The molecule has 5 N–H and O–H groups in total. The summed E-state index contributed by atoms with van der Waals surface area (Å²) in [7, 11) is -4.33. The molecule has 0 heterocycles. The van der Waals surface area contributed by atoms with Crippen LogP contribution in [0.15, 0.2) is 24.3 Å². The number of aliphatic hydroxyl groups excluding tert-OH is 1. The van der Waals surface area contributed by atoms with Crippen molar-refractivity contribution in [3.8, 4) is 0 Å². The Morgan fingerprint density at radius 1 is 0.681 bits per heavy atom. The third kappa shape index (κ3) is 33.3. The predicted octanol–water partition coefficient (Wildman–Crippen LogP) is 10.2. The van der Waals surface area contributed by atoms with Gasteiger partial charge in [0.15, 0.2) is 0 Å². The zero-order valence-corrected chi connectivity index (χ0v) is 31.4. The second-order valence-electron chi connectivity index (χ2n) is 13.1. The minimum Gasteiger partial charge on any atom is -0.387 e. The molecule has 0 aliphatic heterocycles. The molecule has 0 saturated heterocycles. The lowest BCUT2D eigenvalue weighted by Gasteiger charge is -2.23. The minimum absolute atomic E-state index is 0.0787. The number of carbonyl (C=O) groups excluding carboxylic acids is 1. The molecule has 0 aliphatic carbocycles. The molecule has 1 amide bonds. The first-order chi connectivity index (χ1) is 22.9. The lowest BCUT2D eigenvalue weighted by atomic mass is 10.0. The molecule has 0 aromatic rings. The summed E-state index contributed by atoms with van der Waals surface area (Å²) in [6.45, 7) is 4.09. The van der Waals surface area contributed by atoms with E-state index in [1.54, 1.807) is 6.08 Å². The van der Waals surface area contributed by atoms with Gasteiger partial charge in [-0.05, 0) is 44.9 Å². The Hall–Kier alpha value is -1.02. The van der Waals surface area contributed by atoms with Gasteiger partial charge in [-0.3, -0.25) is 13.8 Å². The lowest BCUT2D eigenvalue weighted by molar-refractivity contribution is -0.123. The van der Waals surface area contributed by atoms with Crippen LogP contribution in [-0.2, 0) is 18.4 Å². The number of aliphatic hydroxyl groups is 1. The summed E-state index contributed by atoms with van der Waals surface area (Å²) >= 11 is 0. The smallest absolute Gasteiger partial charge is 0.387 e. The largest absolute Gasteiger partial charge is 0.472 e. The molecule has 9 heteroatoms. The van der Waals surface area contributed by atoms with Crippen molar-refractivity contribution < 1.29 is 28.4 Å². The highest BCUT2D eigenvalue weighted by Gasteiger charge is 2.26. The molecule has 1 unspecified atom stereocenters. The molecule has 278 valence electrons. The summed E-state index contributed by atoms with van der Waals surface area (Å²) in [5.74, 6) is -0.199. The molecular weight excluding hydrogens is 611 g/mol. The second kappa shape index (κ2) is 34.8. The van der Waals surface area contributed by atoms with Crippen molar-refractivity contribution in [3.63, 3.8) is 0 Å². The van der Waals surface area contributed by atoms with E-state index >= 15 is 0 Å². The van der Waals surface area contributed by atoms with Gasteiger partial charge in [-0.25, -0.2) is 4.57 Å². The number of allylic oxidation sites excluding steroid dienone is 3. The normalized spacial score (nSPS) is 14.6. The van der Waals surface area contributed by atoms with Crippen molar-refractivity contribution in [2.45, 2.75) is 193 Å². The van der Waals surface area contributed by atoms with Crippen LogP contribution >= 0.6 is 7.82 Å². The summed E-state index contributed by atoms with van der Waals surface area (Å²) in [5.41, 5.74) is 5.35. The van der Waals surface area contributed by atoms with E-state index in [9.17, 15) is 19.4 Å². The molecular formula is C38H75N2O6P. The van der Waals surface area contributed by atoms with E-state index < -0.39 is 20.0 Å². The first kappa shape index (κ1) is 46.0. The lowest BCUT2D eigenvalue weighted by Crippen LogP contribution is -2.45. The van der Waals surface area contributed by atoms with Crippen LogP contribution in [0, 0.1) is 0 Å². The number of hydrogen-bond acceptors (Lipinski definition) is 6. The second-order valence-corrected chi connectivity index (χ2v) is 14.6. The molecule has 0 aromatic heterocycles. The molecule has 0 spiro atoms. The van der Waals surface area contributed by atoms with Gasteiger partial charge in [0.1, 0.15) is 0 Å². The molecule has 0 aromatic carbocycles. The number of unbranched alkanes of at least 4 members (excludes halogenated alkanes) is 22. The van der Waals surface area contributed by atoms with E-state index in [0.29, 0.717) is 6.42 Å². The van der Waals surface area contributed by atoms with Gasteiger partial charge in [-0.2, -0.15) is 0 Å². The van der Waals surface area contributed by atoms with Crippen molar-refractivity contribution in [2.24, 2.45) is 5.73 Å². The van der Waals surface area contributed by atoms with Gasteiger partial charge in [0.2, 0.25) is 5.91 Å². The summed E-state index contributed by atoms with van der Waals surface area (Å²) in [6, 6.07) is -0.856. The van der Waals surface area contributed by atoms with Crippen molar-refractivity contribution in [2.75, 3.05) is 19.8 Å². The summed E-state index contributed by atoms with van der Waals surface area (Å²) < 4.78 is 22.0. The van der Waals surface area contributed by atoms with Gasteiger partial charge < -0.3 is 21.1 Å². The minimum atomic E-state index is -4.33. The van der Waals surface area contributed by atoms with Crippen LogP contribution in [0.2, 0.25) is 0 Å². The third-order valence-electron chi connectivity index (χ3n) is 8.52. The highest BCUT2D eigenvalue weighted by molar-refractivity contribution is 7.47. The van der Waals surface area contributed by atoms with Crippen molar-refractivity contribution in [1.29, 1.82) is 0 Å². The average Bonchev–Trinajstić information content (AvgIpc) is 3.05. The molecule has 47 heavy (non-hydrogen) atoms. The quantitative estimate of drug-likeness (QED) is 0.0293. The molecule has 0 bridgehead atoms. The van der Waals surface area contributed by atoms with Crippen LogP contribution in [0.4, 0.5) is 0 Å². The number of nitrogens with one attached hydrogen (secondary N) is 1. The third-order valence-corrected chi connectivity index (χ3v) is 9.51. The number of nitrogens with two attached hydrogens (primary N) is 1. The van der Waals surface area contributed by atoms with E-state index in [1.807, 2.05) is 6.08 Å². The highest BCUT2D eigenvalue weighted by Crippen LogP contribution is 2.43. The van der Waals surface area contributed by atoms with Gasteiger partial charge in [-0.1, -0.05) is 154 Å². The van der Waals surface area contributed by atoms with Crippen LogP contribution < -0.4 is 11.1 Å². The standard InChI is InChI=1S/C38H75N2O6P/c1-3-5-7-9-11-13-14-15-16-17-18-19-20-21-22-24-26-28-30-32-38(42)40-36(35-46-47(43,44)45-34-33-39)37(41)31-29-27-25-23-12-10-8-6-4-2/h15-16,29,31,36-37,41H,3-14,17-28,30,32-35,39H2,1-2H3,(H,40,42)(H,43,44)/b16-15-,31-29+/t36-,37+/m0/s1. The first-order valence-corrected chi connectivity index (χ1v) is 21.0. The van der Waals surface area contributed by atoms with Crippen molar-refractivity contribution in [3.05, 3.63) is 24.3 Å². The maximum Gasteiger partial charge on any atom is 0.472 e. The fraction of sp³-hybridized carbons (Fsp3) is 0.868. The Kier molecular flexibility index (Phi) is 34.1. The van der Waals surface area contributed by atoms with Crippen LogP contribution in [0.25, 0.3) is 0 Å². The Bertz CT molecular complexity index is 794. The topological polar surface area (TPSA) is 131 Å². The average molecular weight is 687 g/mol. The molecule has 0 fully saturated rings. The van der Waals surface area contributed by atoms with Crippen LogP contribution in [0.3, 0.4) is 0 Å². The molecule has 3 atom stereocenters. The van der Waals surface area contributed by atoms with Crippen LogP contribution in [0.1, 0.15) is 181 Å². The van der Waals surface area contributed by atoms with Crippen LogP contribution in [0.5, 0.6) is 0 Å². The van der Waals surface area contributed by atoms with E-state index in [0.717, 1.165) is 38.5 Å². The number of hydrogen-bond donors (Lipinski definition) is 4. The summed E-state index contributed by atoms with van der Waals surface area (Å²) in [5, 5.41) is 13.6. The van der Waals surface area contributed by atoms with E-state index in [1.165, 1.54) is 122 Å². The van der Waals surface area contributed by atoms with E-state index in [4.69, 9.17) is 14.8 Å². The Balaban J connectivity index is 4.16. The summed E-state index contributed by atoms with van der Waals surface area (Å²) in [4.78, 5) is 22.6. The zero-order chi connectivity index (χ0) is 34.7. The predicted molar refractivity (Wildman–Crippen MR) is 198 cm³/mol. The highest BCUT2D eigenvalue weighted by atomic mass is 31.2. The number of rotatable bonds is 36. The first-order valence-electron chi connectivity index (χ1n) is 19.5. The summed E-state index contributed by atoms with van der Waals surface area (Å²) in [6.07, 6.45) is 38.0. The van der Waals surface area contributed by atoms with Crippen molar-refractivity contribution >= 4 is 13.7 Å². The van der Waals surface area contributed by atoms with Crippen LogP contribution in [-0.4, -0.2) is 47.8 Å². The van der Waals surface area contributed by atoms with Gasteiger partial charge >= 0.3 is 7.82 Å².